The number of nitrogens with two attached hydrogens (primary N) is 1. The Morgan fingerprint density at radius 1 is 1.31 bits per heavy atom. The third-order valence-corrected chi connectivity index (χ3v) is 3.08. The summed E-state index contributed by atoms with van der Waals surface area (Å²) in [6.45, 7) is 10.4. The zero-order valence-electron chi connectivity index (χ0n) is 11.1. The van der Waals surface area contributed by atoms with Crippen molar-refractivity contribution in [3.63, 3.8) is 0 Å². The van der Waals surface area contributed by atoms with Crippen LogP contribution in [0.4, 0.5) is 0 Å². The lowest BCUT2D eigenvalue weighted by Gasteiger charge is -2.28. The minimum Gasteiger partial charge on any atom is -0.352 e. The highest BCUT2D eigenvalue weighted by atomic mass is 16.2. The summed E-state index contributed by atoms with van der Waals surface area (Å²) in [5, 5.41) is 3.07. The summed E-state index contributed by atoms with van der Waals surface area (Å²) in [7, 11) is 0. The third kappa shape index (κ3) is 4.94. The molecule has 0 radical (unpaired) electrons. The maximum atomic E-state index is 12.0. The fourth-order valence-corrected chi connectivity index (χ4v) is 1.77. The molecule has 4 heteroatoms. The summed E-state index contributed by atoms with van der Waals surface area (Å²) in [6.07, 6.45) is 1.97. The van der Waals surface area contributed by atoms with E-state index in [1.54, 1.807) is 0 Å². The van der Waals surface area contributed by atoms with E-state index in [4.69, 9.17) is 5.73 Å². The number of hydrogen-bond donors (Lipinski definition) is 2. The average molecular weight is 229 g/mol. The number of carbonyl (C=O) groups excluding carboxylic acids is 1. The van der Waals surface area contributed by atoms with Crippen molar-refractivity contribution in [3.05, 3.63) is 0 Å². The number of amides is 1. The first-order chi connectivity index (χ1) is 7.60. The molecule has 96 valence electrons. The molecule has 1 unspecified atom stereocenters. The second kappa shape index (κ2) is 8.53. The van der Waals surface area contributed by atoms with Crippen molar-refractivity contribution in [3.8, 4) is 0 Å². The minimum absolute atomic E-state index is 0.0888. The number of carbonyl (C=O) groups is 1. The van der Waals surface area contributed by atoms with E-state index in [-0.39, 0.29) is 11.9 Å². The van der Waals surface area contributed by atoms with E-state index in [0.717, 1.165) is 25.9 Å². The first-order valence-corrected chi connectivity index (χ1v) is 6.35. The van der Waals surface area contributed by atoms with Gasteiger partial charge >= 0.3 is 0 Å². The lowest BCUT2D eigenvalue weighted by atomic mass is 10.1. The van der Waals surface area contributed by atoms with Crippen molar-refractivity contribution in [2.45, 2.75) is 52.6 Å². The molecule has 0 aliphatic rings. The number of nitrogens with zero attached hydrogens (tertiary/aromatic N) is 1. The molecule has 0 spiro atoms. The standard InChI is InChI=1S/C12H27N3O/c1-5-11(6-2)14-12(16)10(4)15(7-3)9-8-13/h10-11H,5-9,13H2,1-4H3,(H,14,16). The predicted molar refractivity (Wildman–Crippen MR) is 68.3 cm³/mol. The Morgan fingerprint density at radius 3 is 2.25 bits per heavy atom. The van der Waals surface area contributed by atoms with Crippen LogP contribution < -0.4 is 11.1 Å². The summed E-state index contributed by atoms with van der Waals surface area (Å²) in [4.78, 5) is 14.0. The van der Waals surface area contributed by atoms with Gasteiger partial charge in [0.2, 0.25) is 5.91 Å². The van der Waals surface area contributed by atoms with E-state index in [1.807, 2.05) is 6.92 Å². The van der Waals surface area contributed by atoms with Gasteiger partial charge in [0.25, 0.3) is 0 Å². The van der Waals surface area contributed by atoms with Gasteiger partial charge < -0.3 is 11.1 Å². The van der Waals surface area contributed by atoms with Gasteiger partial charge in [-0.1, -0.05) is 20.8 Å². The van der Waals surface area contributed by atoms with E-state index in [1.165, 1.54) is 0 Å². The van der Waals surface area contributed by atoms with E-state index >= 15 is 0 Å². The largest absolute Gasteiger partial charge is 0.352 e. The number of likely N-dealkylation sites (N-methyl/N-ethyl adjacent to an activating group) is 1. The van der Waals surface area contributed by atoms with Gasteiger partial charge in [0.15, 0.2) is 0 Å². The van der Waals surface area contributed by atoms with Crippen molar-refractivity contribution in [1.29, 1.82) is 0 Å². The van der Waals surface area contributed by atoms with Gasteiger partial charge in [-0.3, -0.25) is 9.69 Å². The van der Waals surface area contributed by atoms with Crippen LogP contribution in [0.3, 0.4) is 0 Å². The molecule has 16 heavy (non-hydrogen) atoms. The molecule has 1 amide bonds. The quantitative estimate of drug-likeness (QED) is 0.652. The summed E-state index contributed by atoms with van der Waals surface area (Å²) in [5.74, 6) is 0.115. The van der Waals surface area contributed by atoms with Crippen LogP contribution in [0.1, 0.15) is 40.5 Å². The highest BCUT2D eigenvalue weighted by Crippen LogP contribution is 2.01. The topological polar surface area (TPSA) is 58.4 Å². The van der Waals surface area contributed by atoms with Gasteiger partial charge in [-0.15, -0.1) is 0 Å². The Labute approximate surface area is 99.6 Å². The molecule has 0 fully saturated rings. The second-order valence-corrected chi connectivity index (χ2v) is 4.12. The second-order valence-electron chi connectivity index (χ2n) is 4.12. The Balaban J connectivity index is 4.23. The maximum absolute atomic E-state index is 12.0. The maximum Gasteiger partial charge on any atom is 0.237 e. The smallest absolute Gasteiger partial charge is 0.237 e. The summed E-state index contributed by atoms with van der Waals surface area (Å²) >= 11 is 0. The number of nitrogens with one attached hydrogen (secondary N) is 1. The predicted octanol–water partition coefficient (Wildman–Crippen LogP) is 0.960. The van der Waals surface area contributed by atoms with Crippen LogP contribution in [-0.2, 0) is 4.79 Å². The summed E-state index contributed by atoms with van der Waals surface area (Å²) in [5.41, 5.74) is 5.52. The van der Waals surface area contributed by atoms with Gasteiger partial charge in [-0.25, -0.2) is 0 Å². The molecule has 0 aromatic rings. The van der Waals surface area contributed by atoms with E-state index < -0.39 is 0 Å². The molecule has 1 atom stereocenters. The van der Waals surface area contributed by atoms with Gasteiger partial charge in [-0.2, -0.15) is 0 Å². The van der Waals surface area contributed by atoms with E-state index in [2.05, 4.69) is 31.0 Å². The lowest BCUT2D eigenvalue weighted by Crippen LogP contribution is -2.49. The lowest BCUT2D eigenvalue weighted by molar-refractivity contribution is -0.126. The fraction of sp³-hybridized carbons (Fsp3) is 0.917. The van der Waals surface area contributed by atoms with Crippen molar-refractivity contribution in [1.82, 2.24) is 10.2 Å². The Bertz CT molecular complexity index is 193. The van der Waals surface area contributed by atoms with Crippen LogP contribution in [-0.4, -0.2) is 42.5 Å². The molecule has 0 rings (SSSR count). The molecular weight excluding hydrogens is 202 g/mol. The summed E-state index contributed by atoms with van der Waals surface area (Å²) < 4.78 is 0. The minimum atomic E-state index is -0.0888. The molecule has 0 bridgehead atoms. The number of hydrogen-bond acceptors (Lipinski definition) is 3. The normalized spacial score (nSPS) is 13.2. The Kier molecular flexibility index (Phi) is 8.21. The van der Waals surface area contributed by atoms with Crippen LogP contribution in [0.5, 0.6) is 0 Å². The molecule has 0 aromatic heterocycles. The van der Waals surface area contributed by atoms with Gasteiger partial charge in [0.1, 0.15) is 0 Å². The zero-order valence-corrected chi connectivity index (χ0v) is 11.1. The number of rotatable bonds is 8. The van der Waals surface area contributed by atoms with Gasteiger partial charge in [0, 0.05) is 19.1 Å². The first kappa shape index (κ1) is 15.4. The molecule has 0 aromatic carbocycles. The van der Waals surface area contributed by atoms with Crippen LogP contribution in [0, 0.1) is 0 Å². The molecule has 4 nitrogen and oxygen atoms in total. The molecule has 0 heterocycles. The monoisotopic (exact) mass is 229 g/mol. The van der Waals surface area contributed by atoms with E-state index in [9.17, 15) is 4.79 Å². The Morgan fingerprint density at radius 2 is 1.88 bits per heavy atom. The third-order valence-electron chi connectivity index (χ3n) is 3.08. The van der Waals surface area contributed by atoms with Crippen LogP contribution in [0.25, 0.3) is 0 Å². The summed E-state index contributed by atoms with van der Waals surface area (Å²) in [6, 6.07) is 0.209. The molecule has 0 aliphatic carbocycles. The van der Waals surface area contributed by atoms with Crippen LogP contribution >= 0.6 is 0 Å². The zero-order chi connectivity index (χ0) is 12.6. The average Bonchev–Trinajstić information content (AvgIpc) is 2.31. The molecule has 0 saturated carbocycles. The highest BCUT2D eigenvalue weighted by molar-refractivity contribution is 5.81. The molecule has 0 saturated heterocycles. The van der Waals surface area contributed by atoms with Crippen LogP contribution in [0.15, 0.2) is 0 Å². The van der Waals surface area contributed by atoms with Gasteiger partial charge in [-0.05, 0) is 26.3 Å². The molecular formula is C12H27N3O. The van der Waals surface area contributed by atoms with Crippen molar-refractivity contribution >= 4 is 5.91 Å². The Hall–Kier alpha value is -0.610. The SMILES string of the molecule is CCC(CC)NC(=O)C(C)N(CC)CCN. The van der Waals surface area contributed by atoms with Crippen molar-refractivity contribution in [2.24, 2.45) is 5.73 Å². The van der Waals surface area contributed by atoms with Gasteiger partial charge in [0.05, 0.1) is 6.04 Å². The fourth-order valence-electron chi connectivity index (χ4n) is 1.77. The first-order valence-electron chi connectivity index (χ1n) is 6.35. The van der Waals surface area contributed by atoms with E-state index in [0.29, 0.717) is 12.6 Å². The van der Waals surface area contributed by atoms with Crippen molar-refractivity contribution in [2.75, 3.05) is 19.6 Å². The molecule has 0 aliphatic heterocycles. The van der Waals surface area contributed by atoms with Crippen LogP contribution in [0.2, 0.25) is 0 Å². The molecule has 3 N–H and O–H groups in total. The van der Waals surface area contributed by atoms with Crippen molar-refractivity contribution < 1.29 is 4.79 Å². The highest BCUT2D eigenvalue weighted by Gasteiger charge is 2.20.